The fraction of sp³-hybridized carbons (Fsp3) is 0. The van der Waals surface area contributed by atoms with Crippen molar-refractivity contribution in [1.29, 1.82) is 0 Å². The van der Waals surface area contributed by atoms with E-state index in [0.29, 0.717) is 22.8 Å². The predicted octanol–water partition coefficient (Wildman–Crippen LogP) is 2.93. The van der Waals surface area contributed by atoms with E-state index in [4.69, 9.17) is 5.14 Å². The minimum atomic E-state index is -3.75. The van der Waals surface area contributed by atoms with E-state index in [1.54, 1.807) is 41.0 Å². The number of anilines is 2. The summed E-state index contributed by atoms with van der Waals surface area (Å²) in [5, 5.41) is 12.4. The molecule has 4 aromatic rings. The van der Waals surface area contributed by atoms with E-state index in [1.807, 2.05) is 6.07 Å². The molecular weight excluding hydrogens is 369 g/mol. The van der Waals surface area contributed by atoms with Crippen molar-refractivity contribution in [3.05, 3.63) is 72.7 Å². The molecule has 0 aliphatic carbocycles. The van der Waals surface area contributed by atoms with Gasteiger partial charge >= 0.3 is 0 Å². The topological polar surface area (TPSA) is 102 Å². The molecule has 0 aliphatic heterocycles. The van der Waals surface area contributed by atoms with Gasteiger partial charge in [0.05, 0.1) is 4.90 Å². The number of fused-ring (bicyclic) bond motifs is 1. The van der Waals surface area contributed by atoms with E-state index >= 15 is 0 Å². The Hall–Kier alpha value is -3.30. The molecule has 2 heterocycles. The lowest BCUT2D eigenvalue weighted by atomic mass is 10.1. The van der Waals surface area contributed by atoms with Crippen LogP contribution in [0.25, 0.3) is 16.8 Å². The normalized spacial score (nSPS) is 11.6. The van der Waals surface area contributed by atoms with Gasteiger partial charge in [0, 0.05) is 17.4 Å². The van der Waals surface area contributed by atoms with E-state index in [2.05, 4.69) is 15.4 Å². The number of pyridine rings is 1. The molecule has 0 saturated carbocycles. The molecule has 3 N–H and O–H groups in total. The number of halogens is 1. The zero-order valence-corrected chi connectivity index (χ0v) is 14.7. The van der Waals surface area contributed by atoms with Crippen molar-refractivity contribution < 1.29 is 12.8 Å². The molecule has 27 heavy (non-hydrogen) atoms. The van der Waals surface area contributed by atoms with E-state index in [0.717, 1.165) is 5.56 Å². The fourth-order valence-electron chi connectivity index (χ4n) is 2.70. The Bertz CT molecular complexity index is 1240. The van der Waals surface area contributed by atoms with E-state index in [1.165, 1.54) is 24.3 Å². The second-order valence-corrected chi connectivity index (χ2v) is 7.39. The summed E-state index contributed by atoms with van der Waals surface area (Å²) in [7, 11) is -3.75. The van der Waals surface area contributed by atoms with Crippen LogP contribution in [0.2, 0.25) is 0 Å². The Balaban J connectivity index is 1.69. The minimum absolute atomic E-state index is 0.0180. The summed E-state index contributed by atoms with van der Waals surface area (Å²) in [6.07, 6.45) is 1.74. The van der Waals surface area contributed by atoms with Gasteiger partial charge in [0.25, 0.3) is 0 Å². The molecule has 136 valence electrons. The number of hydrogen-bond donors (Lipinski definition) is 2. The Morgan fingerprint density at radius 2 is 1.81 bits per heavy atom. The Labute approximate surface area is 154 Å². The van der Waals surface area contributed by atoms with Crippen molar-refractivity contribution in [3.8, 4) is 11.1 Å². The van der Waals surface area contributed by atoms with Crippen molar-refractivity contribution in [2.24, 2.45) is 5.14 Å². The number of nitrogens with two attached hydrogens (primary N) is 1. The van der Waals surface area contributed by atoms with Crippen LogP contribution < -0.4 is 10.5 Å². The van der Waals surface area contributed by atoms with Crippen LogP contribution >= 0.6 is 0 Å². The number of nitrogens with zero attached hydrogens (tertiary/aromatic N) is 3. The number of aromatic nitrogens is 3. The molecule has 2 aromatic heterocycles. The molecule has 0 atom stereocenters. The van der Waals surface area contributed by atoms with Crippen molar-refractivity contribution >= 4 is 27.3 Å². The van der Waals surface area contributed by atoms with Gasteiger partial charge in [0.2, 0.25) is 16.0 Å². The molecular formula is C18H14FN5O2S. The van der Waals surface area contributed by atoms with Crippen LogP contribution in [0.5, 0.6) is 0 Å². The zero-order chi connectivity index (χ0) is 19.0. The number of benzene rings is 2. The molecule has 0 bridgehead atoms. The predicted molar refractivity (Wildman–Crippen MR) is 99.5 cm³/mol. The number of hydrogen-bond acceptors (Lipinski definition) is 5. The summed E-state index contributed by atoms with van der Waals surface area (Å²) < 4.78 is 37.8. The third-order valence-electron chi connectivity index (χ3n) is 3.94. The summed E-state index contributed by atoms with van der Waals surface area (Å²) >= 11 is 0. The van der Waals surface area contributed by atoms with Gasteiger partial charge < -0.3 is 5.32 Å². The molecule has 0 saturated heterocycles. The second-order valence-electron chi connectivity index (χ2n) is 5.83. The first kappa shape index (κ1) is 17.1. The lowest BCUT2D eigenvalue weighted by Gasteiger charge is -2.03. The molecule has 7 nitrogen and oxygen atoms in total. The van der Waals surface area contributed by atoms with Crippen molar-refractivity contribution in [1.82, 2.24) is 14.6 Å². The maximum absolute atomic E-state index is 13.6. The highest BCUT2D eigenvalue weighted by atomic mass is 32.2. The summed E-state index contributed by atoms with van der Waals surface area (Å²) in [5.74, 6) is -0.00970. The highest BCUT2D eigenvalue weighted by Crippen LogP contribution is 2.25. The number of primary sulfonamides is 1. The number of sulfonamides is 1. The lowest BCUT2D eigenvalue weighted by molar-refractivity contribution is 0.598. The van der Waals surface area contributed by atoms with Crippen LogP contribution in [0.3, 0.4) is 0 Å². The number of rotatable bonds is 4. The SMILES string of the molecule is NS(=O)(=O)c1ccc(Nc2nc3c(-c4cccc(F)c4)cccn3n2)cc1. The second kappa shape index (κ2) is 6.45. The van der Waals surface area contributed by atoms with Gasteiger partial charge in [-0.15, -0.1) is 5.10 Å². The first-order valence-electron chi connectivity index (χ1n) is 7.91. The van der Waals surface area contributed by atoms with Gasteiger partial charge in [-0.3, -0.25) is 0 Å². The van der Waals surface area contributed by atoms with E-state index in [-0.39, 0.29) is 10.7 Å². The van der Waals surface area contributed by atoms with Gasteiger partial charge in [-0.2, -0.15) is 4.98 Å². The third kappa shape index (κ3) is 3.50. The van der Waals surface area contributed by atoms with Gasteiger partial charge in [-0.1, -0.05) is 12.1 Å². The van der Waals surface area contributed by atoms with Crippen LogP contribution in [0.15, 0.2) is 71.8 Å². The molecule has 0 radical (unpaired) electrons. The van der Waals surface area contributed by atoms with Crippen LogP contribution in [0.4, 0.5) is 16.0 Å². The van der Waals surface area contributed by atoms with Crippen molar-refractivity contribution in [3.63, 3.8) is 0 Å². The first-order chi connectivity index (χ1) is 12.9. The average Bonchev–Trinajstić information content (AvgIpc) is 3.03. The van der Waals surface area contributed by atoms with Crippen LogP contribution in [0, 0.1) is 5.82 Å². The molecule has 4 rings (SSSR count). The largest absolute Gasteiger partial charge is 0.323 e. The maximum Gasteiger partial charge on any atom is 0.247 e. The van der Waals surface area contributed by atoms with Gasteiger partial charge in [0.15, 0.2) is 5.65 Å². The van der Waals surface area contributed by atoms with Gasteiger partial charge in [-0.25, -0.2) is 22.5 Å². The van der Waals surface area contributed by atoms with Crippen LogP contribution in [-0.2, 0) is 10.0 Å². The maximum atomic E-state index is 13.6. The third-order valence-corrected chi connectivity index (χ3v) is 4.87. The lowest BCUT2D eigenvalue weighted by Crippen LogP contribution is -2.11. The molecule has 0 amide bonds. The average molecular weight is 383 g/mol. The molecule has 0 fully saturated rings. The molecule has 0 aliphatic rings. The van der Waals surface area contributed by atoms with Crippen molar-refractivity contribution in [2.75, 3.05) is 5.32 Å². The smallest absolute Gasteiger partial charge is 0.247 e. The quantitative estimate of drug-likeness (QED) is 0.564. The van der Waals surface area contributed by atoms with Crippen molar-refractivity contribution in [2.45, 2.75) is 4.90 Å². The minimum Gasteiger partial charge on any atom is -0.323 e. The van der Waals surface area contributed by atoms with Crippen LogP contribution in [0.1, 0.15) is 0 Å². The Morgan fingerprint density at radius 1 is 1.04 bits per heavy atom. The monoisotopic (exact) mass is 383 g/mol. The van der Waals surface area contributed by atoms with E-state index < -0.39 is 10.0 Å². The number of nitrogens with one attached hydrogen (secondary N) is 1. The zero-order valence-electron chi connectivity index (χ0n) is 13.9. The molecule has 0 unspecified atom stereocenters. The first-order valence-corrected chi connectivity index (χ1v) is 9.46. The Morgan fingerprint density at radius 3 is 2.52 bits per heavy atom. The molecule has 9 heteroatoms. The summed E-state index contributed by atoms with van der Waals surface area (Å²) in [4.78, 5) is 4.48. The highest BCUT2D eigenvalue weighted by Gasteiger charge is 2.11. The fourth-order valence-corrected chi connectivity index (χ4v) is 3.21. The summed E-state index contributed by atoms with van der Waals surface area (Å²) in [6, 6.07) is 15.8. The van der Waals surface area contributed by atoms with Crippen LogP contribution in [-0.4, -0.2) is 23.0 Å². The summed E-state index contributed by atoms with van der Waals surface area (Å²) in [5.41, 5.74) is 2.59. The van der Waals surface area contributed by atoms with Gasteiger partial charge in [-0.05, 0) is 54.1 Å². The molecule has 2 aromatic carbocycles. The molecule has 0 spiro atoms. The van der Waals surface area contributed by atoms with Gasteiger partial charge in [0.1, 0.15) is 5.82 Å². The standard InChI is InChI=1S/C18H14FN5O2S/c19-13-4-1-3-12(11-13)16-5-2-10-24-17(16)22-18(23-24)21-14-6-8-15(9-7-14)27(20,25)26/h1-11H,(H,21,23)(H2,20,25,26). The Kier molecular flexibility index (Phi) is 4.09. The highest BCUT2D eigenvalue weighted by molar-refractivity contribution is 7.89. The summed E-state index contributed by atoms with van der Waals surface area (Å²) in [6.45, 7) is 0. The van der Waals surface area contributed by atoms with E-state index in [9.17, 15) is 12.8 Å².